The first kappa shape index (κ1) is 19.7. The Hall–Kier alpha value is -3.06. The van der Waals surface area contributed by atoms with Crippen LogP contribution < -0.4 is 25.0 Å². The van der Waals surface area contributed by atoms with Crippen molar-refractivity contribution >= 4 is 23.2 Å². The topological polar surface area (TPSA) is 81.1 Å². The maximum atomic E-state index is 12.4. The second-order valence-electron chi connectivity index (χ2n) is 6.89. The van der Waals surface area contributed by atoms with Crippen LogP contribution >= 0.6 is 0 Å². The smallest absolute Gasteiger partial charge is 0.279 e. The number of methoxy groups -OCH3 is 2. The van der Waals surface area contributed by atoms with Crippen LogP contribution in [0.15, 0.2) is 36.4 Å². The highest BCUT2D eigenvalue weighted by atomic mass is 16.5. The fraction of sp³-hybridized carbons (Fsp3) is 0.333. The number of rotatable bonds is 6. The summed E-state index contributed by atoms with van der Waals surface area (Å²) in [4.78, 5) is 24.7. The molecular weight excluding hydrogens is 358 g/mol. The summed E-state index contributed by atoms with van der Waals surface area (Å²) in [5, 5.41) is 5.62. The van der Waals surface area contributed by atoms with Gasteiger partial charge in [0.2, 0.25) is 5.91 Å². The lowest BCUT2D eigenvalue weighted by Gasteiger charge is -2.26. The van der Waals surface area contributed by atoms with Crippen molar-refractivity contribution in [2.24, 2.45) is 0 Å². The second-order valence-corrected chi connectivity index (χ2v) is 6.89. The molecule has 2 aromatic carbocycles. The predicted molar refractivity (Wildman–Crippen MR) is 107 cm³/mol. The van der Waals surface area contributed by atoms with Gasteiger partial charge in [-0.3, -0.25) is 9.59 Å². The van der Waals surface area contributed by atoms with E-state index in [1.807, 2.05) is 12.1 Å². The number of hydrogen-bond donors (Lipinski definition) is 3. The van der Waals surface area contributed by atoms with Crippen molar-refractivity contribution in [3.05, 3.63) is 47.5 Å². The van der Waals surface area contributed by atoms with E-state index in [-0.39, 0.29) is 11.8 Å². The number of benzene rings is 2. The van der Waals surface area contributed by atoms with E-state index in [0.717, 1.165) is 25.3 Å². The van der Waals surface area contributed by atoms with E-state index in [1.54, 1.807) is 38.5 Å². The molecule has 0 bridgehead atoms. The first-order valence-electron chi connectivity index (χ1n) is 9.23. The van der Waals surface area contributed by atoms with Gasteiger partial charge >= 0.3 is 0 Å². The molecule has 1 heterocycles. The van der Waals surface area contributed by atoms with Gasteiger partial charge in [0.25, 0.3) is 5.91 Å². The molecular formula is C21H26N3O4+. The molecule has 0 saturated carbocycles. The van der Waals surface area contributed by atoms with Gasteiger partial charge in [0, 0.05) is 30.3 Å². The quantitative estimate of drug-likeness (QED) is 0.700. The highest BCUT2D eigenvalue weighted by Gasteiger charge is 2.24. The molecule has 7 nitrogen and oxygen atoms in total. The number of hydrogen-bond acceptors (Lipinski definition) is 4. The van der Waals surface area contributed by atoms with Crippen molar-refractivity contribution in [2.45, 2.75) is 19.9 Å². The zero-order valence-electron chi connectivity index (χ0n) is 16.4. The summed E-state index contributed by atoms with van der Waals surface area (Å²) in [5.74, 6) is 1.29. The highest BCUT2D eigenvalue weighted by molar-refractivity contribution is 5.92. The van der Waals surface area contributed by atoms with E-state index in [1.165, 1.54) is 23.0 Å². The zero-order chi connectivity index (χ0) is 20.1. The maximum absolute atomic E-state index is 12.4. The average molecular weight is 384 g/mol. The van der Waals surface area contributed by atoms with Gasteiger partial charge in [-0.1, -0.05) is 0 Å². The Balaban J connectivity index is 1.59. The monoisotopic (exact) mass is 384 g/mol. The number of ether oxygens (including phenoxy) is 2. The molecule has 0 saturated heterocycles. The van der Waals surface area contributed by atoms with Gasteiger partial charge in [-0.2, -0.15) is 0 Å². The number of amides is 2. The van der Waals surface area contributed by atoms with E-state index in [4.69, 9.17) is 9.47 Å². The number of carbonyl (C=O) groups excluding carboxylic acids is 2. The fourth-order valence-corrected chi connectivity index (χ4v) is 3.45. The van der Waals surface area contributed by atoms with Crippen LogP contribution in [-0.4, -0.2) is 39.1 Å². The zero-order valence-corrected chi connectivity index (χ0v) is 16.4. The molecule has 0 radical (unpaired) electrons. The lowest BCUT2D eigenvalue weighted by atomic mass is 9.99. The van der Waals surface area contributed by atoms with Crippen molar-refractivity contribution in [3.8, 4) is 11.5 Å². The molecule has 0 aromatic heterocycles. The summed E-state index contributed by atoms with van der Waals surface area (Å²) in [7, 11) is 3.26. The first-order chi connectivity index (χ1) is 13.5. The van der Waals surface area contributed by atoms with Crippen molar-refractivity contribution in [2.75, 3.05) is 37.9 Å². The minimum absolute atomic E-state index is 0.0359. The maximum Gasteiger partial charge on any atom is 0.279 e. The molecule has 3 N–H and O–H groups in total. The van der Waals surface area contributed by atoms with Gasteiger partial charge in [-0.15, -0.1) is 0 Å². The van der Waals surface area contributed by atoms with Crippen LogP contribution in [0.5, 0.6) is 11.5 Å². The third kappa shape index (κ3) is 4.80. The third-order valence-electron chi connectivity index (χ3n) is 4.79. The number of carbonyl (C=O) groups is 2. The minimum atomic E-state index is -0.125. The largest absolute Gasteiger partial charge is 0.493 e. The number of quaternary nitrogens is 1. The molecule has 1 atom stereocenters. The van der Waals surface area contributed by atoms with Gasteiger partial charge in [0.15, 0.2) is 18.0 Å². The number of nitrogens with one attached hydrogen (secondary N) is 3. The van der Waals surface area contributed by atoms with E-state index in [9.17, 15) is 9.59 Å². The lowest BCUT2D eigenvalue weighted by molar-refractivity contribution is -0.907. The van der Waals surface area contributed by atoms with Crippen LogP contribution in [-0.2, 0) is 22.6 Å². The summed E-state index contributed by atoms with van der Waals surface area (Å²) >= 11 is 0. The molecule has 148 valence electrons. The van der Waals surface area contributed by atoms with Gasteiger partial charge in [-0.05, 0) is 42.0 Å². The summed E-state index contributed by atoms with van der Waals surface area (Å²) in [5.41, 5.74) is 3.84. The van der Waals surface area contributed by atoms with Crippen LogP contribution in [0, 0.1) is 0 Å². The average Bonchev–Trinajstić information content (AvgIpc) is 2.67. The number of fused-ring (bicyclic) bond motifs is 1. The summed E-state index contributed by atoms with van der Waals surface area (Å²) in [6.07, 6.45) is 0.893. The van der Waals surface area contributed by atoms with E-state index >= 15 is 0 Å². The Kier molecular flexibility index (Phi) is 6.16. The van der Waals surface area contributed by atoms with Gasteiger partial charge in [-0.25, -0.2) is 0 Å². The van der Waals surface area contributed by atoms with Crippen molar-refractivity contribution in [1.29, 1.82) is 0 Å². The summed E-state index contributed by atoms with van der Waals surface area (Å²) in [6.45, 7) is 3.50. The van der Waals surface area contributed by atoms with Crippen molar-refractivity contribution < 1.29 is 24.0 Å². The molecule has 1 unspecified atom stereocenters. The standard InChI is InChI=1S/C21H25N3O4/c1-14(25)22-17-4-6-18(7-5-17)23-21(26)13-24-9-8-15-10-19(27-2)20(28-3)11-16(15)12-24/h4-7,10-11H,8-9,12-13H2,1-3H3,(H,22,25)(H,23,26)/p+1. The molecule has 1 aliphatic heterocycles. The third-order valence-corrected chi connectivity index (χ3v) is 4.79. The molecule has 0 spiro atoms. The van der Waals surface area contributed by atoms with Gasteiger partial charge in [0.1, 0.15) is 6.54 Å². The Morgan fingerprint density at radius 3 is 2.11 bits per heavy atom. The van der Waals surface area contributed by atoms with E-state index in [2.05, 4.69) is 10.6 Å². The summed E-state index contributed by atoms with van der Waals surface area (Å²) < 4.78 is 10.8. The molecule has 2 aromatic rings. The molecule has 3 rings (SSSR count). The minimum Gasteiger partial charge on any atom is -0.493 e. The van der Waals surface area contributed by atoms with Crippen molar-refractivity contribution in [3.63, 3.8) is 0 Å². The van der Waals surface area contributed by atoms with Crippen molar-refractivity contribution in [1.82, 2.24) is 0 Å². The van der Waals surface area contributed by atoms with E-state index < -0.39 is 0 Å². The molecule has 0 fully saturated rings. The molecule has 2 amide bonds. The second kappa shape index (κ2) is 8.75. The van der Waals surface area contributed by atoms with Gasteiger partial charge in [0.05, 0.1) is 20.8 Å². The summed E-state index contributed by atoms with van der Waals surface area (Å²) in [6, 6.07) is 11.1. The Bertz CT molecular complexity index is 865. The number of anilines is 2. The molecule has 28 heavy (non-hydrogen) atoms. The van der Waals surface area contributed by atoms with Crippen LogP contribution in [0.4, 0.5) is 11.4 Å². The molecule has 1 aliphatic rings. The lowest BCUT2D eigenvalue weighted by Crippen LogP contribution is -3.12. The van der Waals surface area contributed by atoms with Crippen LogP contribution in [0.25, 0.3) is 0 Å². The molecule has 0 aliphatic carbocycles. The SMILES string of the molecule is COc1cc2c(cc1OC)C[NH+](CC(=O)Nc1ccc(NC(C)=O)cc1)CC2. The molecule has 7 heteroatoms. The van der Waals surface area contributed by atoms with Gasteiger partial charge < -0.3 is 25.0 Å². The first-order valence-corrected chi connectivity index (χ1v) is 9.23. The van der Waals surface area contributed by atoms with Crippen LogP contribution in [0.1, 0.15) is 18.1 Å². The predicted octanol–water partition coefficient (Wildman–Crippen LogP) is 1.24. The van der Waals surface area contributed by atoms with Crippen LogP contribution in [0.2, 0.25) is 0 Å². The van der Waals surface area contributed by atoms with E-state index in [0.29, 0.717) is 23.7 Å². The Morgan fingerprint density at radius 1 is 0.964 bits per heavy atom. The Labute approximate surface area is 164 Å². The van der Waals surface area contributed by atoms with Crippen LogP contribution in [0.3, 0.4) is 0 Å². The highest BCUT2D eigenvalue weighted by Crippen LogP contribution is 2.31. The fourth-order valence-electron chi connectivity index (χ4n) is 3.45. The Morgan fingerprint density at radius 2 is 1.54 bits per heavy atom. The normalized spacial score (nSPS) is 15.3.